The zero-order valence-electron chi connectivity index (χ0n) is 8.05. The first-order chi connectivity index (χ1) is 5.68. The number of hydrogen-bond acceptors (Lipinski definition) is 1. The predicted molar refractivity (Wildman–Crippen MR) is 49.9 cm³/mol. The highest BCUT2D eigenvalue weighted by molar-refractivity contribution is 5.10. The molecule has 68 valence electrons. The summed E-state index contributed by atoms with van der Waals surface area (Å²) in [6, 6.07) is 0. The van der Waals surface area contributed by atoms with Crippen molar-refractivity contribution >= 4 is 0 Å². The lowest BCUT2D eigenvalue weighted by molar-refractivity contribution is -0.0626. The van der Waals surface area contributed by atoms with Gasteiger partial charge in [-0.3, -0.25) is 0 Å². The molecule has 0 amide bonds. The summed E-state index contributed by atoms with van der Waals surface area (Å²) in [5.41, 5.74) is 1.42. The van der Waals surface area contributed by atoms with E-state index in [9.17, 15) is 0 Å². The van der Waals surface area contributed by atoms with Crippen LogP contribution in [0.15, 0.2) is 12.2 Å². The first kappa shape index (κ1) is 8.31. The van der Waals surface area contributed by atoms with Crippen LogP contribution >= 0.6 is 0 Å². The minimum Gasteiger partial charge on any atom is -0.378 e. The van der Waals surface area contributed by atoms with E-state index < -0.39 is 0 Å². The summed E-state index contributed by atoms with van der Waals surface area (Å²) in [7, 11) is 0. The molecular weight excluding hydrogens is 148 g/mol. The van der Waals surface area contributed by atoms with Crippen molar-refractivity contribution in [1.82, 2.24) is 0 Å². The van der Waals surface area contributed by atoms with E-state index in [1.165, 1.54) is 18.4 Å². The van der Waals surface area contributed by atoms with E-state index in [1.807, 2.05) is 0 Å². The lowest BCUT2D eigenvalue weighted by atomic mass is 9.69. The Morgan fingerprint density at radius 1 is 1.42 bits per heavy atom. The molecule has 0 N–H and O–H groups in total. The van der Waals surface area contributed by atoms with Gasteiger partial charge in [0.25, 0.3) is 0 Å². The topological polar surface area (TPSA) is 9.23 Å². The molecule has 2 rings (SSSR count). The Morgan fingerprint density at radius 2 is 2.17 bits per heavy atom. The van der Waals surface area contributed by atoms with Crippen LogP contribution in [0, 0.1) is 17.8 Å². The molecule has 2 fully saturated rings. The fourth-order valence-electron chi connectivity index (χ4n) is 2.60. The molecule has 0 aromatic heterocycles. The van der Waals surface area contributed by atoms with Crippen molar-refractivity contribution in [3.63, 3.8) is 0 Å². The van der Waals surface area contributed by atoms with Gasteiger partial charge in [-0.15, -0.1) is 0 Å². The molecule has 1 aliphatic heterocycles. The van der Waals surface area contributed by atoms with E-state index in [0.717, 1.165) is 18.4 Å². The third-order valence-electron chi connectivity index (χ3n) is 3.61. The van der Waals surface area contributed by atoms with Gasteiger partial charge in [-0.2, -0.15) is 0 Å². The average molecular weight is 166 g/mol. The van der Waals surface area contributed by atoms with Crippen LogP contribution in [0.3, 0.4) is 0 Å². The Morgan fingerprint density at radius 3 is 2.92 bits per heavy atom. The van der Waals surface area contributed by atoms with Crippen molar-refractivity contribution in [3.8, 4) is 0 Å². The van der Waals surface area contributed by atoms with Gasteiger partial charge in [-0.25, -0.2) is 0 Å². The van der Waals surface area contributed by atoms with Crippen molar-refractivity contribution in [1.29, 1.82) is 0 Å². The molecule has 2 aliphatic rings. The first-order valence-corrected chi connectivity index (χ1v) is 4.97. The smallest absolute Gasteiger partial charge is 0.0612 e. The summed E-state index contributed by atoms with van der Waals surface area (Å²) in [5.74, 6) is 2.25. The van der Waals surface area contributed by atoms with Gasteiger partial charge >= 0.3 is 0 Å². The van der Waals surface area contributed by atoms with Crippen molar-refractivity contribution in [2.45, 2.75) is 32.8 Å². The van der Waals surface area contributed by atoms with Crippen molar-refractivity contribution in [2.24, 2.45) is 17.8 Å². The van der Waals surface area contributed by atoms with Crippen molar-refractivity contribution in [2.75, 3.05) is 6.61 Å². The van der Waals surface area contributed by atoms with Crippen LogP contribution in [0.5, 0.6) is 0 Å². The van der Waals surface area contributed by atoms with Gasteiger partial charge in [0, 0.05) is 5.92 Å². The van der Waals surface area contributed by atoms with Gasteiger partial charge in [0.2, 0.25) is 0 Å². The summed E-state index contributed by atoms with van der Waals surface area (Å²) in [4.78, 5) is 0. The molecule has 1 heterocycles. The Kier molecular flexibility index (Phi) is 1.99. The van der Waals surface area contributed by atoms with E-state index in [-0.39, 0.29) is 0 Å². The van der Waals surface area contributed by atoms with E-state index in [2.05, 4.69) is 20.4 Å². The van der Waals surface area contributed by atoms with Gasteiger partial charge < -0.3 is 4.74 Å². The number of hydrogen-bond donors (Lipinski definition) is 0. The van der Waals surface area contributed by atoms with Crippen LogP contribution in [0.4, 0.5) is 0 Å². The lowest BCUT2D eigenvalue weighted by Gasteiger charge is -2.43. The van der Waals surface area contributed by atoms with Crippen LogP contribution < -0.4 is 0 Å². The highest BCUT2D eigenvalue weighted by atomic mass is 16.5. The number of rotatable bonds is 0. The van der Waals surface area contributed by atoms with Gasteiger partial charge in [0.15, 0.2) is 0 Å². The van der Waals surface area contributed by atoms with Gasteiger partial charge in [-0.1, -0.05) is 19.1 Å². The molecular formula is C11H18O. The molecule has 1 saturated carbocycles. The highest BCUT2D eigenvalue weighted by Crippen LogP contribution is 2.42. The molecule has 12 heavy (non-hydrogen) atoms. The average Bonchev–Trinajstić information content (AvgIpc) is 2.03. The summed E-state index contributed by atoms with van der Waals surface area (Å²) >= 11 is 0. The molecule has 0 aromatic rings. The molecule has 1 saturated heterocycles. The van der Waals surface area contributed by atoms with Crippen LogP contribution in [0.25, 0.3) is 0 Å². The standard InChI is InChI=1S/C11H18O/c1-7-4-8(2)11-5-10(7)6-12-9(11)3/h7,9-11H,2,4-6H2,1,3H3/t7-,9-,10-,11-/m1/s1. The second-order valence-corrected chi connectivity index (χ2v) is 4.48. The van der Waals surface area contributed by atoms with Crippen molar-refractivity contribution < 1.29 is 4.74 Å². The first-order valence-electron chi connectivity index (χ1n) is 4.97. The second kappa shape index (κ2) is 2.88. The zero-order chi connectivity index (χ0) is 8.72. The lowest BCUT2D eigenvalue weighted by Crippen LogP contribution is -2.40. The molecule has 0 aromatic carbocycles. The van der Waals surface area contributed by atoms with E-state index >= 15 is 0 Å². The number of ether oxygens (including phenoxy) is 1. The van der Waals surface area contributed by atoms with Crippen LogP contribution in [0.1, 0.15) is 26.7 Å². The Balaban J connectivity index is 2.14. The summed E-state index contributed by atoms with van der Waals surface area (Å²) in [6.45, 7) is 9.64. The predicted octanol–water partition coefficient (Wildman–Crippen LogP) is 2.62. The van der Waals surface area contributed by atoms with E-state index in [0.29, 0.717) is 12.0 Å². The summed E-state index contributed by atoms with van der Waals surface area (Å²) in [5, 5.41) is 0. The molecule has 0 radical (unpaired) electrons. The largest absolute Gasteiger partial charge is 0.378 e. The maximum atomic E-state index is 5.72. The maximum absolute atomic E-state index is 5.72. The monoisotopic (exact) mass is 166 g/mol. The molecule has 0 spiro atoms. The maximum Gasteiger partial charge on any atom is 0.0612 e. The van der Waals surface area contributed by atoms with E-state index in [1.54, 1.807) is 0 Å². The second-order valence-electron chi connectivity index (χ2n) is 4.48. The van der Waals surface area contributed by atoms with Crippen LogP contribution in [-0.4, -0.2) is 12.7 Å². The molecule has 1 heteroatoms. The molecule has 4 atom stereocenters. The Labute approximate surface area is 74.8 Å². The summed E-state index contributed by atoms with van der Waals surface area (Å²) in [6.07, 6.45) is 2.96. The normalized spacial score (nSPS) is 47.7. The molecule has 2 bridgehead atoms. The summed E-state index contributed by atoms with van der Waals surface area (Å²) < 4.78 is 5.72. The Bertz CT molecular complexity index is 197. The van der Waals surface area contributed by atoms with Gasteiger partial charge in [0.05, 0.1) is 12.7 Å². The minimum atomic E-state index is 0.418. The fourth-order valence-corrected chi connectivity index (χ4v) is 2.60. The SMILES string of the molecule is C=C1C[C@@H](C)[C@H]2CO[C@H](C)[C@@H]1C2. The Hall–Kier alpha value is -0.300. The minimum absolute atomic E-state index is 0.418. The third kappa shape index (κ3) is 1.20. The molecule has 1 nitrogen and oxygen atoms in total. The quantitative estimate of drug-likeness (QED) is 0.503. The third-order valence-corrected chi connectivity index (χ3v) is 3.61. The molecule has 1 aliphatic carbocycles. The highest BCUT2D eigenvalue weighted by Gasteiger charge is 2.37. The van der Waals surface area contributed by atoms with E-state index in [4.69, 9.17) is 4.74 Å². The van der Waals surface area contributed by atoms with Gasteiger partial charge in [0.1, 0.15) is 0 Å². The fraction of sp³-hybridized carbons (Fsp3) is 0.818. The molecule has 0 unspecified atom stereocenters. The van der Waals surface area contributed by atoms with Crippen LogP contribution in [-0.2, 0) is 4.74 Å². The number of fused-ring (bicyclic) bond motifs is 2. The van der Waals surface area contributed by atoms with Crippen molar-refractivity contribution in [3.05, 3.63) is 12.2 Å². The van der Waals surface area contributed by atoms with Crippen LogP contribution in [0.2, 0.25) is 0 Å². The van der Waals surface area contributed by atoms with Gasteiger partial charge in [-0.05, 0) is 31.6 Å². The zero-order valence-corrected chi connectivity index (χ0v) is 8.05.